The van der Waals surface area contributed by atoms with Gasteiger partial charge >= 0.3 is 0 Å². The minimum absolute atomic E-state index is 0.0288. The van der Waals surface area contributed by atoms with E-state index >= 15 is 0 Å². The molecule has 1 aliphatic heterocycles. The van der Waals surface area contributed by atoms with Crippen LogP contribution in [0.1, 0.15) is 25.7 Å². The molecule has 1 unspecified atom stereocenters. The Morgan fingerprint density at radius 1 is 1.19 bits per heavy atom. The van der Waals surface area contributed by atoms with Crippen molar-refractivity contribution in [2.45, 2.75) is 31.7 Å². The highest BCUT2D eigenvalue weighted by Crippen LogP contribution is 2.30. The van der Waals surface area contributed by atoms with Gasteiger partial charge in [0.25, 0.3) is 0 Å². The van der Waals surface area contributed by atoms with E-state index in [1.165, 1.54) is 4.70 Å². The quantitative estimate of drug-likeness (QED) is 0.719. The first-order valence-corrected chi connectivity index (χ1v) is 9.54. The van der Waals surface area contributed by atoms with Crippen molar-refractivity contribution >= 4 is 39.1 Å². The largest absolute Gasteiger partial charge is 0.353 e. The van der Waals surface area contributed by atoms with Crippen molar-refractivity contribution in [3.05, 3.63) is 48.5 Å². The van der Waals surface area contributed by atoms with Gasteiger partial charge in [0.2, 0.25) is 11.8 Å². The molecule has 3 aromatic rings. The zero-order valence-corrected chi connectivity index (χ0v) is 15.0. The molecule has 1 saturated heterocycles. The van der Waals surface area contributed by atoms with E-state index in [0.29, 0.717) is 19.3 Å². The third kappa shape index (κ3) is 3.75. The van der Waals surface area contributed by atoms with Crippen LogP contribution in [0.25, 0.3) is 20.8 Å². The van der Waals surface area contributed by atoms with Crippen LogP contribution >= 0.6 is 11.3 Å². The summed E-state index contributed by atoms with van der Waals surface area (Å²) in [4.78, 5) is 27.9. The van der Waals surface area contributed by atoms with Gasteiger partial charge in [-0.25, -0.2) is 4.98 Å². The second-order valence-electron chi connectivity index (χ2n) is 6.45. The maximum atomic E-state index is 12.1. The zero-order chi connectivity index (χ0) is 17.9. The smallest absolute Gasteiger partial charge is 0.224 e. The lowest BCUT2D eigenvalue weighted by Gasteiger charge is -2.10. The first kappa shape index (κ1) is 16.7. The fraction of sp³-hybridized carbons (Fsp3) is 0.250. The van der Waals surface area contributed by atoms with E-state index in [4.69, 9.17) is 0 Å². The zero-order valence-electron chi connectivity index (χ0n) is 14.2. The van der Waals surface area contributed by atoms with Crippen LogP contribution in [0.5, 0.6) is 0 Å². The summed E-state index contributed by atoms with van der Waals surface area (Å²) in [6, 6.07) is 16.0. The molecule has 1 fully saturated rings. The Bertz CT molecular complexity index is 916. The Balaban J connectivity index is 1.36. The number of anilines is 1. The molecule has 2 N–H and O–H groups in total. The van der Waals surface area contributed by atoms with Crippen molar-refractivity contribution in [3.63, 3.8) is 0 Å². The molecule has 5 nitrogen and oxygen atoms in total. The maximum absolute atomic E-state index is 12.1. The van der Waals surface area contributed by atoms with Crippen molar-refractivity contribution < 1.29 is 9.59 Å². The first-order chi connectivity index (χ1) is 12.7. The molecule has 0 spiro atoms. The summed E-state index contributed by atoms with van der Waals surface area (Å²) in [5.41, 5.74) is 2.82. The molecule has 0 aliphatic carbocycles. The van der Waals surface area contributed by atoms with Gasteiger partial charge in [-0.3, -0.25) is 9.59 Å². The van der Waals surface area contributed by atoms with Gasteiger partial charge in [0.1, 0.15) is 5.01 Å². The average molecular weight is 365 g/mol. The van der Waals surface area contributed by atoms with Crippen molar-refractivity contribution in [2.24, 2.45) is 0 Å². The lowest BCUT2D eigenvalue weighted by Crippen LogP contribution is -2.26. The predicted molar refractivity (Wildman–Crippen MR) is 104 cm³/mol. The first-order valence-electron chi connectivity index (χ1n) is 8.72. The topological polar surface area (TPSA) is 71.1 Å². The van der Waals surface area contributed by atoms with E-state index < -0.39 is 0 Å². The molecule has 1 aliphatic rings. The number of hydrogen-bond donors (Lipinski definition) is 2. The molecule has 6 heteroatoms. The number of carbonyl (C=O) groups is 2. The highest BCUT2D eigenvalue weighted by Gasteiger charge is 2.21. The Hall–Kier alpha value is -2.73. The molecule has 2 amide bonds. The van der Waals surface area contributed by atoms with Crippen LogP contribution in [0.2, 0.25) is 0 Å². The van der Waals surface area contributed by atoms with E-state index in [-0.39, 0.29) is 17.9 Å². The predicted octanol–water partition coefficient (Wildman–Crippen LogP) is 3.96. The Kier molecular flexibility index (Phi) is 4.67. The number of para-hydroxylation sites is 1. The van der Waals surface area contributed by atoms with Gasteiger partial charge in [0.05, 0.1) is 10.2 Å². The van der Waals surface area contributed by atoms with Crippen LogP contribution in [0.15, 0.2) is 48.5 Å². The van der Waals surface area contributed by atoms with Gasteiger partial charge in [-0.05, 0) is 49.2 Å². The van der Waals surface area contributed by atoms with Gasteiger partial charge in [-0.15, -0.1) is 11.3 Å². The fourth-order valence-electron chi connectivity index (χ4n) is 3.11. The molecule has 132 valence electrons. The van der Waals surface area contributed by atoms with Crippen molar-refractivity contribution in [2.75, 3.05) is 5.32 Å². The molecule has 0 bridgehead atoms. The van der Waals surface area contributed by atoms with Crippen LogP contribution in [0.3, 0.4) is 0 Å². The SMILES string of the molecule is O=C(CCC1CCC(=O)N1)Nc1ccc(-c2nc3ccccc3s2)cc1. The molecule has 2 heterocycles. The van der Waals surface area contributed by atoms with Crippen LogP contribution in [0, 0.1) is 0 Å². The summed E-state index contributed by atoms with van der Waals surface area (Å²) in [7, 11) is 0. The van der Waals surface area contributed by atoms with Crippen molar-refractivity contribution in [3.8, 4) is 10.6 Å². The number of benzene rings is 2. The summed E-state index contributed by atoms with van der Waals surface area (Å²) in [5.74, 6) is 0.0553. The number of hydrogen-bond acceptors (Lipinski definition) is 4. The molecule has 2 aromatic carbocycles. The molecular formula is C20H19N3O2S. The molecule has 0 saturated carbocycles. The molecule has 1 aromatic heterocycles. The fourth-order valence-corrected chi connectivity index (χ4v) is 4.09. The van der Waals surface area contributed by atoms with Gasteiger partial charge in [0.15, 0.2) is 0 Å². The standard InChI is InChI=1S/C20H19N3O2S/c24-18(11-9-15-10-12-19(25)22-15)21-14-7-5-13(6-8-14)20-23-16-3-1-2-4-17(16)26-20/h1-8,15H,9-12H2,(H,21,24)(H,22,25). The van der Waals surface area contributed by atoms with Crippen molar-refractivity contribution in [1.82, 2.24) is 10.3 Å². The van der Waals surface area contributed by atoms with Gasteiger partial charge in [-0.1, -0.05) is 12.1 Å². The number of nitrogens with zero attached hydrogens (tertiary/aromatic N) is 1. The Labute approximate surface area is 155 Å². The van der Waals surface area contributed by atoms with Gasteiger partial charge in [-0.2, -0.15) is 0 Å². The van der Waals surface area contributed by atoms with E-state index in [9.17, 15) is 9.59 Å². The molecular weight excluding hydrogens is 346 g/mol. The Morgan fingerprint density at radius 3 is 2.73 bits per heavy atom. The highest BCUT2D eigenvalue weighted by molar-refractivity contribution is 7.21. The number of rotatable bonds is 5. The number of amides is 2. The average Bonchev–Trinajstić information content (AvgIpc) is 3.26. The lowest BCUT2D eigenvalue weighted by atomic mass is 10.1. The van der Waals surface area contributed by atoms with E-state index in [2.05, 4.69) is 21.7 Å². The third-order valence-corrected chi connectivity index (χ3v) is 5.60. The Morgan fingerprint density at radius 2 is 2.00 bits per heavy atom. The van der Waals surface area contributed by atoms with Crippen LogP contribution in [-0.4, -0.2) is 22.8 Å². The minimum atomic E-state index is -0.0288. The maximum Gasteiger partial charge on any atom is 0.224 e. The van der Waals surface area contributed by atoms with Crippen LogP contribution < -0.4 is 10.6 Å². The number of nitrogens with one attached hydrogen (secondary N) is 2. The summed E-state index contributed by atoms with van der Waals surface area (Å²) in [5, 5.41) is 6.77. The molecule has 1 atom stereocenters. The molecule has 26 heavy (non-hydrogen) atoms. The second-order valence-corrected chi connectivity index (χ2v) is 7.48. The number of aromatic nitrogens is 1. The lowest BCUT2D eigenvalue weighted by molar-refractivity contribution is -0.120. The molecule has 0 radical (unpaired) electrons. The van der Waals surface area contributed by atoms with Gasteiger partial charge < -0.3 is 10.6 Å². The summed E-state index contributed by atoms with van der Waals surface area (Å²) < 4.78 is 1.17. The minimum Gasteiger partial charge on any atom is -0.353 e. The third-order valence-electron chi connectivity index (χ3n) is 4.51. The number of fused-ring (bicyclic) bond motifs is 1. The summed E-state index contributed by atoms with van der Waals surface area (Å²) in [6.07, 6.45) is 2.48. The number of carbonyl (C=O) groups excluding carboxylic acids is 2. The normalized spacial score (nSPS) is 16.6. The second kappa shape index (κ2) is 7.25. The van der Waals surface area contributed by atoms with E-state index in [0.717, 1.165) is 28.2 Å². The summed E-state index contributed by atoms with van der Waals surface area (Å²) >= 11 is 1.66. The number of thiazole rings is 1. The van der Waals surface area contributed by atoms with Gasteiger partial charge in [0, 0.05) is 30.1 Å². The van der Waals surface area contributed by atoms with E-state index in [1.807, 2.05) is 42.5 Å². The summed E-state index contributed by atoms with van der Waals surface area (Å²) in [6.45, 7) is 0. The van der Waals surface area contributed by atoms with Crippen LogP contribution in [0.4, 0.5) is 5.69 Å². The monoisotopic (exact) mass is 365 g/mol. The van der Waals surface area contributed by atoms with Crippen molar-refractivity contribution in [1.29, 1.82) is 0 Å². The highest BCUT2D eigenvalue weighted by atomic mass is 32.1. The van der Waals surface area contributed by atoms with Crippen LogP contribution in [-0.2, 0) is 9.59 Å². The van der Waals surface area contributed by atoms with E-state index in [1.54, 1.807) is 11.3 Å². The molecule has 4 rings (SSSR count).